The van der Waals surface area contributed by atoms with Crippen LogP contribution in [0, 0.1) is 18.3 Å². The fraction of sp³-hybridized carbons (Fsp3) is 0.385. The van der Waals surface area contributed by atoms with Gasteiger partial charge in [-0.15, -0.1) is 0 Å². The number of aliphatic hydroxyl groups excluding tert-OH is 1. The van der Waals surface area contributed by atoms with Gasteiger partial charge >= 0.3 is 0 Å². The highest BCUT2D eigenvalue weighted by atomic mass is 16.3. The predicted octanol–water partition coefficient (Wildman–Crippen LogP) is 5.58. The number of pyridine rings is 1. The maximum absolute atomic E-state index is 9.99. The molecule has 158 valence electrons. The fourth-order valence-electron chi connectivity index (χ4n) is 5.02. The van der Waals surface area contributed by atoms with Gasteiger partial charge in [0.2, 0.25) is 0 Å². The Hall–Kier alpha value is -3.10. The van der Waals surface area contributed by atoms with Gasteiger partial charge in [0.05, 0.1) is 35.2 Å². The van der Waals surface area contributed by atoms with Crippen molar-refractivity contribution in [1.29, 1.82) is 5.26 Å². The molecule has 0 atom stereocenters. The Labute approximate surface area is 183 Å². The number of nitrogens with zero attached hydrogens (tertiary/aromatic N) is 3. The van der Waals surface area contributed by atoms with Crippen molar-refractivity contribution >= 4 is 22.7 Å². The number of aryl methyl sites for hydroxylation is 1. The molecule has 5 heteroatoms. The molecule has 0 amide bonds. The lowest BCUT2D eigenvalue weighted by atomic mass is 9.92. The number of rotatable bonds is 2. The summed E-state index contributed by atoms with van der Waals surface area (Å²) in [6, 6.07) is 6.87. The second-order valence-electron chi connectivity index (χ2n) is 9.54. The van der Waals surface area contributed by atoms with E-state index >= 15 is 0 Å². The van der Waals surface area contributed by atoms with E-state index in [1.165, 1.54) is 0 Å². The fourth-order valence-corrected chi connectivity index (χ4v) is 5.02. The van der Waals surface area contributed by atoms with Gasteiger partial charge < -0.3 is 15.0 Å². The van der Waals surface area contributed by atoms with Crippen molar-refractivity contribution in [3.8, 4) is 17.2 Å². The Balaban J connectivity index is 1.72. The van der Waals surface area contributed by atoms with Gasteiger partial charge in [-0.05, 0) is 64.2 Å². The van der Waals surface area contributed by atoms with E-state index in [0.717, 1.165) is 64.5 Å². The van der Waals surface area contributed by atoms with E-state index in [1.54, 1.807) is 0 Å². The average Bonchev–Trinajstić information content (AvgIpc) is 3.10. The van der Waals surface area contributed by atoms with Gasteiger partial charge in [0.15, 0.2) is 0 Å². The first-order valence-electron chi connectivity index (χ1n) is 11.1. The zero-order chi connectivity index (χ0) is 21.8. The number of aromatic nitrogens is 2. The molecule has 2 aliphatic rings. The van der Waals surface area contributed by atoms with Crippen LogP contribution in [0.1, 0.15) is 62.3 Å². The van der Waals surface area contributed by atoms with Crippen LogP contribution in [0.4, 0.5) is 5.69 Å². The Morgan fingerprint density at radius 2 is 1.94 bits per heavy atom. The number of benzene rings is 1. The first kappa shape index (κ1) is 19.8. The number of hydrogen-bond donors (Lipinski definition) is 2. The Morgan fingerprint density at radius 1 is 1.16 bits per heavy atom. The summed E-state index contributed by atoms with van der Waals surface area (Å²) in [6.45, 7) is 6.29. The predicted molar refractivity (Wildman–Crippen MR) is 125 cm³/mol. The number of hydrogen-bond acceptors (Lipinski definition) is 4. The van der Waals surface area contributed by atoms with E-state index in [-0.39, 0.29) is 11.6 Å². The second-order valence-corrected chi connectivity index (χ2v) is 9.54. The minimum absolute atomic E-state index is 0.116. The summed E-state index contributed by atoms with van der Waals surface area (Å²) < 4.78 is 2.37. The molecule has 1 aliphatic heterocycles. The van der Waals surface area contributed by atoms with Crippen molar-refractivity contribution < 1.29 is 5.11 Å². The molecule has 2 aromatic heterocycles. The van der Waals surface area contributed by atoms with Crippen LogP contribution in [0.3, 0.4) is 0 Å². The first-order valence-corrected chi connectivity index (χ1v) is 11.1. The minimum Gasteiger partial charge on any atom is -0.393 e. The normalized spacial score (nSPS) is 22.0. The van der Waals surface area contributed by atoms with Gasteiger partial charge in [0.1, 0.15) is 0 Å². The van der Waals surface area contributed by atoms with Crippen LogP contribution >= 0.6 is 0 Å². The summed E-state index contributed by atoms with van der Waals surface area (Å²) in [5, 5.41) is 24.3. The molecule has 3 heterocycles. The van der Waals surface area contributed by atoms with Gasteiger partial charge in [-0.2, -0.15) is 5.26 Å². The molecule has 2 N–H and O–H groups in total. The lowest BCUT2D eigenvalue weighted by molar-refractivity contribution is 0.111. The summed E-state index contributed by atoms with van der Waals surface area (Å²) in [5.74, 6) is 0. The Morgan fingerprint density at radius 3 is 2.68 bits per heavy atom. The highest BCUT2D eigenvalue weighted by Gasteiger charge is 2.26. The lowest BCUT2D eigenvalue weighted by Gasteiger charge is -2.29. The maximum atomic E-state index is 9.99. The third-order valence-corrected chi connectivity index (χ3v) is 6.76. The zero-order valence-corrected chi connectivity index (χ0v) is 18.3. The molecule has 1 saturated carbocycles. The Kier molecular flexibility index (Phi) is 4.64. The summed E-state index contributed by atoms with van der Waals surface area (Å²) in [6.07, 6.45) is 13.8. The topological polar surface area (TPSA) is 73.9 Å². The first-order chi connectivity index (χ1) is 14.9. The second kappa shape index (κ2) is 7.25. The van der Waals surface area contributed by atoms with Crippen LogP contribution in [-0.4, -0.2) is 26.3 Å². The summed E-state index contributed by atoms with van der Waals surface area (Å²) in [5.41, 5.74) is 7.07. The van der Waals surface area contributed by atoms with Crippen LogP contribution in [0.2, 0.25) is 0 Å². The van der Waals surface area contributed by atoms with Gasteiger partial charge in [-0.1, -0.05) is 12.2 Å². The summed E-state index contributed by atoms with van der Waals surface area (Å²) >= 11 is 0. The minimum atomic E-state index is -0.186. The maximum Gasteiger partial charge on any atom is 0.0994 e. The monoisotopic (exact) mass is 412 g/mol. The van der Waals surface area contributed by atoms with Crippen LogP contribution < -0.4 is 5.32 Å². The molecule has 0 spiro atoms. The summed E-state index contributed by atoms with van der Waals surface area (Å²) in [7, 11) is 0. The highest BCUT2D eigenvalue weighted by Crippen LogP contribution is 2.41. The standard InChI is InChI=1S/C26H28N4O/c1-16-10-25-21(11-17(16)12-27)23(15-30(25)18-4-6-19(31)7-5-18)22-13-28-14-24-20(22)8-9-26(2,3)29-24/h8-11,13-15,18-19,29,31H,4-7H2,1-3H3. The smallest absolute Gasteiger partial charge is 0.0994 e. The van der Waals surface area contributed by atoms with E-state index in [4.69, 9.17) is 0 Å². The van der Waals surface area contributed by atoms with Crippen LogP contribution in [0.5, 0.6) is 0 Å². The number of fused-ring (bicyclic) bond motifs is 2. The average molecular weight is 413 g/mol. The van der Waals surface area contributed by atoms with E-state index in [1.807, 2.05) is 25.4 Å². The molecule has 5 rings (SSSR count). The molecule has 3 aromatic rings. The van der Waals surface area contributed by atoms with E-state index in [2.05, 4.69) is 59.2 Å². The summed E-state index contributed by atoms with van der Waals surface area (Å²) in [4.78, 5) is 4.53. The van der Waals surface area contributed by atoms with Crippen molar-refractivity contribution in [3.63, 3.8) is 0 Å². The molecule has 1 fully saturated rings. The molecular weight excluding hydrogens is 384 g/mol. The van der Waals surface area contributed by atoms with Crippen molar-refractivity contribution in [2.24, 2.45) is 0 Å². The molecule has 31 heavy (non-hydrogen) atoms. The van der Waals surface area contributed by atoms with Crippen molar-refractivity contribution in [2.45, 2.75) is 64.1 Å². The largest absolute Gasteiger partial charge is 0.393 e. The zero-order valence-electron chi connectivity index (χ0n) is 18.3. The third-order valence-electron chi connectivity index (χ3n) is 6.76. The van der Waals surface area contributed by atoms with E-state index in [0.29, 0.717) is 11.6 Å². The molecule has 0 unspecified atom stereocenters. The number of anilines is 1. The number of nitrogens with one attached hydrogen (secondary N) is 1. The highest BCUT2D eigenvalue weighted by molar-refractivity contribution is 6.00. The Bertz CT molecular complexity index is 1240. The third kappa shape index (κ3) is 3.41. The van der Waals surface area contributed by atoms with E-state index < -0.39 is 0 Å². The molecule has 0 radical (unpaired) electrons. The van der Waals surface area contributed by atoms with Gasteiger partial charge in [0.25, 0.3) is 0 Å². The van der Waals surface area contributed by atoms with Gasteiger partial charge in [-0.25, -0.2) is 0 Å². The molecule has 1 aromatic carbocycles. The molecule has 5 nitrogen and oxygen atoms in total. The van der Waals surface area contributed by atoms with Crippen molar-refractivity contribution in [2.75, 3.05) is 5.32 Å². The molecule has 1 aliphatic carbocycles. The number of aliphatic hydroxyl groups is 1. The van der Waals surface area contributed by atoms with Crippen LogP contribution in [-0.2, 0) is 0 Å². The van der Waals surface area contributed by atoms with Crippen molar-refractivity contribution in [3.05, 3.63) is 53.5 Å². The number of nitriles is 1. The lowest BCUT2D eigenvalue weighted by Crippen LogP contribution is -2.30. The van der Waals surface area contributed by atoms with Gasteiger partial charge in [0, 0.05) is 46.0 Å². The SMILES string of the molecule is Cc1cc2c(cc1C#N)c(-c1cncc3c1C=CC(C)(C)N3)cn2C1CCC(O)CC1. The quantitative estimate of drug-likeness (QED) is 0.576. The van der Waals surface area contributed by atoms with Crippen molar-refractivity contribution in [1.82, 2.24) is 9.55 Å². The van der Waals surface area contributed by atoms with E-state index in [9.17, 15) is 10.4 Å². The molecule has 0 saturated heterocycles. The van der Waals surface area contributed by atoms with Crippen LogP contribution in [0.15, 0.2) is 36.8 Å². The van der Waals surface area contributed by atoms with Crippen LogP contribution in [0.25, 0.3) is 28.1 Å². The molecule has 0 bridgehead atoms. The molecular formula is C26H28N4O. The van der Waals surface area contributed by atoms with Gasteiger partial charge in [-0.3, -0.25) is 4.98 Å².